The Bertz CT molecular complexity index is 742. The van der Waals surface area contributed by atoms with E-state index in [1.807, 2.05) is 6.07 Å². The number of ketones is 1. The average Bonchev–Trinajstić information content (AvgIpc) is 2.84. The molecule has 2 nitrogen and oxygen atoms in total. The number of rotatable bonds is 0. The normalized spacial score (nSPS) is 34.3. The summed E-state index contributed by atoms with van der Waals surface area (Å²) < 4.78 is 0. The minimum atomic E-state index is 0. The molecule has 4 rings (SSSR count). The zero-order chi connectivity index (χ0) is 15.5. The summed E-state index contributed by atoms with van der Waals surface area (Å²) in [4.78, 5) is 12.6. The van der Waals surface area contributed by atoms with Gasteiger partial charge in [0.05, 0.1) is 0 Å². The maximum atomic E-state index is 12.6. The number of terminal acetylenes is 1. The summed E-state index contributed by atoms with van der Waals surface area (Å²) in [6.07, 6.45) is 11.7. The van der Waals surface area contributed by atoms with Crippen LogP contribution in [-0.2, 0) is 0 Å². The van der Waals surface area contributed by atoms with Gasteiger partial charge in [0.25, 0.3) is 0 Å². The summed E-state index contributed by atoms with van der Waals surface area (Å²) in [6.45, 7) is 2.28. The summed E-state index contributed by atoms with van der Waals surface area (Å²) in [5.74, 6) is 4.52. The fourth-order valence-electron chi connectivity index (χ4n) is 5.18. The molecule has 3 aliphatic carbocycles. The van der Waals surface area contributed by atoms with Gasteiger partial charge >= 0.3 is 0 Å². The van der Waals surface area contributed by atoms with Gasteiger partial charge in [-0.1, -0.05) is 25.0 Å². The first-order valence-corrected chi connectivity index (χ1v) is 8.08. The third kappa shape index (κ3) is 2.45. The molecule has 0 heterocycles. The molecule has 0 saturated heterocycles. The van der Waals surface area contributed by atoms with Crippen molar-refractivity contribution in [3.63, 3.8) is 0 Å². The minimum Gasteiger partial charge on any atom is -0.508 e. The maximum absolute atomic E-state index is 12.6. The standard InChI is InChI=1S/C20H20O2.Ac/c1-3-12-4-7-18-16-11-19(22)17-10-13(21)5-6-14(17)15(16)8-9-20(12,18)2;/h1,4-6,10,15-16,18,21H,7-9,11H2,2H3;. The van der Waals surface area contributed by atoms with Crippen molar-refractivity contribution in [2.45, 2.75) is 38.5 Å². The van der Waals surface area contributed by atoms with Crippen LogP contribution < -0.4 is 0 Å². The molecular weight excluding hydrogens is 499 g/mol. The molecular formula is C20H20AcO2. The van der Waals surface area contributed by atoms with Gasteiger partial charge in [-0.05, 0) is 54.7 Å². The molecule has 3 aliphatic rings. The predicted octanol–water partition coefficient (Wildman–Crippen LogP) is 4.06. The topological polar surface area (TPSA) is 37.3 Å². The molecule has 4 unspecified atom stereocenters. The monoisotopic (exact) mass is 519 g/mol. The van der Waals surface area contributed by atoms with Crippen molar-refractivity contribution >= 4 is 5.78 Å². The molecule has 0 aliphatic heterocycles. The number of phenolic OH excluding ortho intramolecular Hbond substituents is 1. The van der Waals surface area contributed by atoms with Crippen molar-refractivity contribution in [1.29, 1.82) is 0 Å². The molecule has 1 fully saturated rings. The van der Waals surface area contributed by atoms with Gasteiger partial charge in [-0.15, -0.1) is 6.42 Å². The zero-order valence-corrected chi connectivity index (χ0v) is 18.1. The van der Waals surface area contributed by atoms with Gasteiger partial charge in [-0.2, -0.15) is 0 Å². The quantitative estimate of drug-likeness (QED) is 0.526. The van der Waals surface area contributed by atoms with Crippen molar-refractivity contribution in [2.24, 2.45) is 17.3 Å². The molecule has 1 aromatic carbocycles. The Morgan fingerprint density at radius 2 is 2.17 bits per heavy atom. The van der Waals surface area contributed by atoms with Crippen LogP contribution in [0.5, 0.6) is 5.75 Å². The van der Waals surface area contributed by atoms with Gasteiger partial charge in [0, 0.05) is 67.0 Å². The second-order valence-electron chi connectivity index (χ2n) is 7.23. The number of Topliss-reactive ketones (excluding diaryl/α,β-unsaturated/α-hetero) is 1. The van der Waals surface area contributed by atoms with Crippen LogP contribution in [0.15, 0.2) is 29.8 Å². The van der Waals surface area contributed by atoms with Crippen molar-refractivity contribution in [3.8, 4) is 18.1 Å². The van der Waals surface area contributed by atoms with Gasteiger partial charge in [-0.25, -0.2) is 0 Å². The molecule has 1 saturated carbocycles. The summed E-state index contributed by atoms with van der Waals surface area (Å²) in [5, 5.41) is 9.68. The summed E-state index contributed by atoms with van der Waals surface area (Å²) in [5.41, 5.74) is 3.08. The Balaban J connectivity index is 0.00000156. The minimum absolute atomic E-state index is 0. The van der Waals surface area contributed by atoms with Crippen LogP contribution in [0.3, 0.4) is 0 Å². The van der Waals surface area contributed by atoms with Crippen LogP contribution in [0, 0.1) is 73.7 Å². The number of fused-ring (bicyclic) bond motifs is 5. The maximum Gasteiger partial charge on any atom is 0.163 e. The predicted molar refractivity (Wildman–Crippen MR) is 85.6 cm³/mol. The zero-order valence-electron chi connectivity index (χ0n) is 13.4. The van der Waals surface area contributed by atoms with Crippen LogP contribution in [-0.4, -0.2) is 10.9 Å². The third-order valence-corrected chi connectivity index (χ3v) is 6.33. The van der Waals surface area contributed by atoms with Crippen LogP contribution in [0.2, 0.25) is 0 Å². The van der Waals surface area contributed by atoms with E-state index >= 15 is 0 Å². The van der Waals surface area contributed by atoms with E-state index in [0.717, 1.165) is 36.0 Å². The van der Waals surface area contributed by atoms with E-state index < -0.39 is 0 Å². The van der Waals surface area contributed by atoms with E-state index in [0.29, 0.717) is 24.2 Å². The van der Waals surface area contributed by atoms with E-state index in [-0.39, 0.29) is 61.0 Å². The van der Waals surface area contributed by atoms with Crippen molar-refractivity contribution in [1.82, 2.24) is 0 Å². The van der Waals surface area contributed by atoms with Crippen LogP contribution >= 0.6 is 0 Å². The van der Waals surface area contributed by atoms with Crippen LogP contribution in [0.4, 0.5) is 0 Å². The number of carbonyl (C=O) groups excluding carboxylic acids is 1. The molecule has 3 heteroatoms. The molecule has 1 N–H and O–H groups in total. The fourth-order valence-corrected chi connectivity index (χ4v) is 5.18. The van der Waals surface area contributed by atoms with E-state index in [2.05, 4.69) is 18.9 Å². The van der Waals surface area contributed by atoms with Crippen molar-refractivity contribution < 1.29 is 54.0 Å². The summed E-state index contributed by atoms with van der Waals surface area (Å²) >= 11 is 0. The number of allylic oxidation sites excluding steroid dienone is 2. The fraction of sp³-hybridized carbons (Fsp3) is 0.450. The van der Waals surface area contributed by atoms with Gasteiger partial charge in [0.2, 0.25) is 0 Å². The average molecular weight is 519 g/mol. The van der Waals surface area contributed by atoms with Crippen LogP contribution in [0.1, 0.15) is 54.4 Å². The first kappa shape index (κ1) is 17.3. The number of benzene rings is 1. The van der Waals surface area contributed by atoms with Gasteiger partial charge < -0.3 is 5.11 Å². The van der Waals surface area contributed by atoms with Crippen LogP contribution in [0.25, 0.3) is 0 Å². The third-order valence-electron chi connectivity index (χ3n) is 6.33. The Labute approximate surface area is 173 Å². The molecule has 4 atom stereocenters. The van der Waals surface area contributed by atoms with Crippen molar-refractivity contribution in [2.75, 3.05) is 0 Å². The van der Waals surface area contributed by atoms with Crippen molar-refractivity contribution in [3.05, 3.63) is 41.0 Å². The van der Waals surface area contributed by atoms with Gasteiger partial charge in [0.1, 0.15) is 5.75 Å². The Morgan fingerprint density at radius 3 is 2.91 bits per heavy atom. The van der Waals surface area contributed by atoms with Gasteiger partial charge in [0.15, 0.2) is 5.78 Å². The smallest absolute Gasteiger partial charge is 0.163 e. The largest absolute Gasteiger partial charge is 0.508 e. The number of carbonyl (C=O) groups is 1. The number of aromatic hydroxyl groups is 1. The molecule has 0 amide bonds. The summed E-state index contributed by atoms with van der Waals surface area (Å²) in [7, 11) is 0. The Hall–Kier alpha value is -0.568. The van der Waals surface area contributed by atoms with E-state index in [4.69, 9.17) is 6.42 Å². The molecule has 115 valence electrons. The first-order chi connectivity index (χ1) is 10.5. The first-order valence-electron chi connectivity index (χ1n) is 8.08. The molecule has 1 radical (unpaired) electrons. The molecule has 1 aromatic rings. The molecule has 0 aromatic heterocycles. The Kier molecular flexibility index (Phi) is 4.55. The van der Waals surface area contributed by atoms with Gasteiger partial charge in [-0.3, -0.25) is 4.79 Å². The SMILES string of the molecule is C#CC1=CCC2C3CC(=O)c4cc(O)ccc4C3CCC12C.[Ac]. The molecule has 23 heavy (non-hydrogen) atoms. The number of hydrogen-bond donors (Lipinski definition) is 1. The molecule has 0 bridgehead atoms. The number of phenols is 1. The van der Waals surface area contributed by atoms with E-state index in [1.54, 1.807) is 12.1 Å². The second kappa shape index (κ2) is 6.06. The van der Waals surface area contributed by atoms with E-state index in [9.17, 15) is 9.90 Å². The number of hydrogen-bond acceptors (Lipinski definition) is 2. The molecule has 0 spiro atoms. The summed E-state index contributed by atoms with van der Waals surface area (Å²) in [6, 6.07) is 5.30. The Morgan fingerprint density at radius 1 is 1.39 bits per heavy atom. The van der Waals surface area contributed by atoms with E-state index in [1.165, 1.54) is 0 Å². The second-order valence-corrected chi connectivity index (χ2v) is 7.23.